The van der Waals surface area contributed by atoms with Crippen molar-refractivity contribution in [3.63, 3.8) is 0 Å². The van der Waals surface area contributed by atoms with Gasteiger partial charge in [0.05, 0.1) is 13.2 Å². The molecule has 0 aromatic rings. The van der Waals surface area contributed by atoms with Crippen molar-refractivity contribution in [1.29, 1.82) is 0 Å². The van der Waals surface area contributed by atoms with E-state index in [4.69, 9.17) is 9.79 Å². The van der Waals surface area contributed by atoms with Crippen molar-refractivity contribution >= 4 is 13.7 Å². The maximum atomic E-state index is 11.2. The van der Waals surface area contributed by atoms with E-state index >= 15 is 0 Å². The third-order valence-corrected chi connectivity index (χ3v) is 2.33. The van der Waals surface area contributed by atoms with Crippen molar-refractivity contribution in [3.05, 3.63) is 0 Å². The van der Waals surface area contributed by atoms with Crippen molar-refractivity contribution in [3.8, 4) is 0 Å². The highest BCUT2D eigenvalue weighted by molar-refractivity contribution is 7.46. The SMILES string of the molecule is O=C1CNCCN1CCOP(=O)(O)O. The smallest absolute Gasteiger partial charge is 0.338 e. The molecule has 0 aromatic carbocycles. The number of nitrogens with zero attached hydrogens (tertiary/aromatic N) is 1. The third-order valence-electron chi connectivity index (χ3n) is 1.81. The summed E-state index contributed by atoms with van der Waals surface area (Å²) in [7, 11) is -4.41. The summed E-state index contributed by atoms with van der Waals surface area (Å²) in [6.07, 6.45) is 0. The molecule has 1 heterocycles. The molecule has 1 fully saturated rings. The van der Waals surface area contributed by atoms with Gasteiger partial charge in [-0.15, -0.1) is 0 Å². The molecule has 7 nitrogen and oxygen atoms in total. The molecule has 0 bridgehead atoms. The summed E-state index contributed by atoms with van der Waals surface area (Å²) in [6.45, 7) is 1.59. The van der Waals surface area contributed by atoms with Gasteiger partial charge in [0.15, 0.2) is 0 Å². The zero-order valence-electron chi connectivity index (χ0n) is 7.55. The standard InChI is InChI=1S/C6H13N2O5P/c9-6-5-7-1-2-8(6)3-4-13-14(10,11)12/h7H,1-5H2,(H2,10,11,12). The van der Waals surface area contributed by atoms with Crippen LogP contribution in [0.15, 0.2) is 0 Å². The molecule has 1 amide bonds. The molecule has 1 aliphatic heterocycles. The first-order chi connectivity index (χ1) is 6.49. The molecule has 0 spiro atoms. The molecule has 0 atom stereocenters. The summed E-state index contributed by atoms with van der Waals surface area (Å²) < 4.78 is 14.5. The van der Waals surface area contributed by atoms with Crippen LogP contribution in [0.1, 0.15) is 0 Å². The van der Waals surface area contributed by atoms with E-state index < -0.39 is 7.82 Å². The summed E-state index contributed by atoms with van der Waals surface area (Å²) in [5.74, 6) is -0.0782. The lowest BCUT2D eigenvalue weighted by molar-refractivity contribution is -0.132. The molecule has 14 heavy (non-hydrogen) atoms. The van der Waals surface area contributed by atoms with E-state index in [1.807, 2.05) is 0 Å². The molecule has 82 valence electrons. The summed E-state index contributed by atoms with van der Waals surface area (Å²) in [6, 6.07) is 0. The van der Waals surface area contributed by atoms with Gasteiger partial charge in [0, 0.05) is 19.6 Å². The molecule has 3 N–H and O–H groups in total. The second kappa shape index (κ2) is 4.86. The Morgan fingerprint density at radius 1 is 1.57 bits per heavy atom. The summed E-state index contributed by atoms with van der Waals surface area (Å²) >= 11 is 0. The summed E-state index contributed by atoms with van der Waals surface area (Å²) in [5.41, 5.74) is 0. The van der Waals surface area contributed by atoms with Gasteiger partial charge in [-0.3, -0.25) is 9.32 Å². The number of hydrogen-bond donors (Lipinski definition) is 3. The van der Waals surface area contributed by atoms with Crippen LogP contribution in [0, 0.1) is 0 Å². The first-order valence-corrected chi connectivity index (χ1v) is 5.70. The van der Waals surface area contributed by atoms with Crippen LogP contribution in [0.4, 0.5) is 0 Å². The Hall–Kier alpha value is -0.460. The van der Waals surface area contributed by atoms with E-state index in [2.05, 4.69) is 9.84 Å². The maximum absolute atomic E-state index is 11.2. The molecule has 0 unspecified atom stereocenters. The molecule has 1 aliphatic rings. The van der Waals surface area contributed by atoms with E-state index in [-0.39, 0.29) is 25.6 Å². The molecule has 0 radical (unpaired) electrons. The number of amides is 1. The molecular weight excluding hydrogens is 211 g/mol. The Labute approximate surface area is 81.3 Å². The van der Waals surface area contributed by atoms with Gasteiger partial charge in [0.25, 0.3) is 0 Å². The van der Waals surface area contributed by atoms with Gasteiger partial charge in [0.1, 0.15) is 0 Å². The predicted molar refractivity (Wildman–Crippen MR) is 47.4 cm³/mol. The largest absolute Gasteiger partial charge is 0.469 e. The number of phosphoric acid groups is 1. The topological polar surface area (TPSA) is 99.1 Å². The Balaban J connectivity index is 2.23. The molecular formula is C6H13N2O5P. The minimum atomic E-state index is -4.41. The highest BCUT2D eigenvalue weighted by Crippen LogP contribution is 2.35. The molecule has 0 aliphatic carbocycles. The highest BCUT2D eigenvalue weighted by atomic mass is 31.2. The van der Waals surface area contributed by atoms with E-state index in [0.717, 1.165) is 0 Å². The average molecular weight is 224 g/mol. The molecule has 1 rings (SSSR count). The van der Waals surface area contributed by atoms with Crippen LogP contribution in [0.2, 0.25) is 0 Å². The van der Waals surface area contributed by atoms with Crippen molar-refractivity contribution < 1.29 is 23.7 Å². The molecule has 0 aromatic heterocycles. The minimum Gasteiger partial charge on any atom is -0.338 e. The van der Waals surface area contributed by atoms with Gasteiger partial charge >= 0.3 is 7.82 Å². The van der Waals surface area contributed by atoms with Crippen LogP contribution in [0.25, 0.3) is 0 Å². The normalized spacial score (nSPS) is 18.7. The number of piperazine rings is 1. The Morgan fingerprint density at radius 2 is 2.29 bits per heavy atom. The van der Waals surface area contributed by atoms with E-state index in [0.29, 0.717) is 13.1 Å². The number of carbonyl (C=O) groups is 1. The van der Waals surface area contributed by atoms with Gasteiger partial charge in [-0.05, 0) is 0 Å². The lowest BCUT2D eigenvalue weighted by atomic mass is 10.3. The average Bonchev–Trinajstić information content (AvgIpc) is 2.06. The maximum Gasteiger partial charge on any atom is 0.469 e. The monoisotopic (exact) mass is 224 g/mol. The molecule has 8 heteroatoms. The fraction of sp³-hybridized carbons (Fsp3) is 0.833. The quantitative estimate of drug-likeness (QED) is 0.504. The van der Waals surface area contributed by atoms with Crippen molar-refractivity contribution in [2.75, 3.05) is 32.8 Å². The van der Waals surface area contributed by atoms with Crippen LogP contribution < -0.4 is 5.32 Å². The fourth-order valence-corrected chi connectivity index (χ4v) is 1.47. The van der Waals surface area contributed by atoms with Gasteiger partial charge in [-0.1, -0.05) is 0 Å². The number of carbonyl (C=O) groups excluding carboxylic acids is 1. The lowest BCUT2D eigenvalue weighted by Gasteiger charge is -2.27. The lowest BCUT2D eigenvalue weighted by Crippen LogP contribution is -2.48. The van der Waals surface area contributed by atoms with Crippen molar-refractivity contribution in [2.24, 2.45) is 0 Å². The van der Waals surface area contributed by atoms with Crippen LogP contribution in [0.5, 0.6) is 0 Å². The van der Waals surface area contributed by atoms with Gasteiger partial charge in [-0.25, -0.2) is 4.57 Å². The Morgan fingerprint density at radius 3 is 2.86 bits per heavy atom. The Kier molecular flexibility index (Phi) is 4.03. The second-order valence-electron chi connectivity index (χ2n) is 2.88. The van der Waals surface area contributed by atoms with Crippen LogP contribution in [0.3, 0.4) is 0 Å². The second-order valence-corrected chi connectivity index (χ2v) is 4.12. The number of rotatable bonds is 4. The van der Waals surface area contributed by atoms with Crippen molar-refractivity contribution in [2.45, 2.75) is 0 Å². The van der Waals surface area contributed by atoms with Gasteiger partial charge in [0.2, 0.25) is 5.91 Å². The fourth-order valence-electron chi connectivity index (χ4n) is 1.15. The predicted octanol–water partition coefficient (Wildman–Crippen LogP) is -1.47. The van der Waals surface area contributed by atoms with E-state index in [1.54, 1.807) is 0 Å². The minimum absolute atomic E-state index is 0.0782. The summed E-state index contributed by atoms with van der Waals surface area (Å²) in [5, 5.41) is 2.89. The van der Waals surface area contributed by atoms with Gasteiger partial charge < -0.3 is 20.0 Å². The molecule has 0 saturated carbocycles. The first-order valence-electron chi connectivity index (χ1n) is 4.17. The zero-order valence-corrected chi connectivity index (χ0v) is 8.44. The van der Waals surface area contributed by atoms with E-state index in [1.165, 1.54) is 4.90 Å². The molecule has 1 saturated heterocycles. The van der Waals surface area contributed by atoms with Gasteiger partial charge in [-0.2, -0.15) is 0 Å². The third kappa shape index (κ3) is 4.17. The van der Waals surface area contributed by atoms with Crippen LogP contribution in [-0.4, -0.2) is 53.4 Å². The van der Waals surface area contributed by atoms with Crippen molar-refractivity contribution in [1.82, 2.24) is 10.2 Å². The van der Waals surface area contributed by atoms with Crippen LogP contribution >= 0.6 is 7.82 Å². The first kappa shape index (κ1) is 11.6. The summed E-state index contributed by atoms with van der Waals surface area (Å²) in [4.78, 5) is 29.4. The Bertz CT molecular complexity index is 253. The number of hydrogen-bond acceptors (Lipinski definition) is 4. The van der Waals surface area contributed by atoms with Crippen LogP contribution in [-0.2, 0) is 13.9 Å². The van der Waals surface area contributed by atoms with E-state index in [9.17, 15) is 9.36 Å². The zero-order chi connectivity index (χ0) is 10.6. The number of phosphoric ester groups is 1. The highest BCUT2D eigenvalue weighted by Gasteiger charge is 2.19. The number of nitrogens with one attached hydrogen (secondary N) is 1.